The van der Waals surface area contributed by atoms with Gasteiger partial charge in [-0.25, -0.2) is 4.79 Å². The third kappa shape index (κ3) is 4.78. The molecule has 1 saturated heterocycles. The van der Waals surface area contributed by atoms with Crippen LogP contribution in [0.4, 0.5) is 4.79 Å². The zero-order chi connectivity index (χ0) is 18.6. The molecule has 3 aliphatic carbocycles. The van der Waals surface area contributed by atoms with Gasteiger partial charge in [-0.05, 0) is 62.7 Å². The van der Waals surface area contributed by atoms with E-state index in [-0.39, 0.29) is 11.9 Å². The second-order valence-electron chi connectivity index (χ2n) is 9.56. The van der Waals surface area contributed by atoms with Crippen molar-refractivity contribution in [1.29, 1.82) is 0 Å². The first-order valence-electron chi connectivity index (χ1n) is 11.5. The minimum atomic E-state index is 0.0478. The van der Waals surface area contributed by atoms with E-state index in [9.17, 15) is 9.59 Å². The average molecular weight is 376 g/mol. The van der Waals surface area contributed by atoms with Crippen molar-refractivity contribution in [3.63, 3.8) is 0 Å². The van der Waals surface area contributed by atoms with Gasteiger partial charge in [-0.2, -0.15) is 0 Å². The predicted octanol–water partition coefficient (Wildman–Crippen LogP) is 3.83. The van der Waals surface area contributed by atoms with Crippen LogP contribution in [-0.4, -0.2) is 42.0 Å². The molecule has 5 heteroatoms. The molecule has 3 saturated carbocycles. The Labute approximate surface area is 164 Å². The number of likely N-dealkylation sites (tertiary alicyclic amines) is 1. The van der Waals surface area contributed by atoms with Gasteiger partial charge >= 0.3 is 6.03 Å². The average Bonchev–Trinajstić information content (AvgIpc) is 2.67. The van der Waals surface area contributed by atoms with Gasteiger partial charge in [-0.3, -0.25) is 4.79 Å². The molecular formula is C22H37N3O2. The van der Waals surface area contributed by atoms with Gasteiger partial charge in [0.15, 0.2) is 0 Å². The van der Waals surface area contributed by atoms with Crippen LogP contribution in [0.1, 0.15) is 83.5 Å². The Hall–Kier alpha value is -1.26. The Kier molecular flexibility index (Phi) is 6.24. The zero-order valence-corrected chi connectivity index (χ0v) is 16.8. The van der Waals surface area contributed by atoms with Gasteiger partial charge in [-0.15, -0.1) is 0 Å². The summed E-state index contributed by atoms with van der Waals surface area (Å²) >= 11 is 0. The van der Waals surface area contributed by atoms with Crippen LogP contribution in [-0.2, 0) is 4.79 Å². The Morgan fingerprint density at radius 2 is 1.59 bits per heavy atom. The molecule has 2 bridgehead atoms. The van der Waals surface area contributed by atoms with Crippen molar-refractivity contribution < 1.29 is 9.59 Å². The van der Waals surface area contributed by atoms with Crippen LogP contribution < -0.4 is 10.6 Å². The van der Waals surface area contributed by atoms with Crippen LogP contribution in [0.5, 0.6) is 0 Å². The normalized spacial score (nSPS) is 35.9. The molecule has 4 fully saturated rings. The van der Waals surface area contributed by atoms with Crippen molar-refractivity contribution in [2.45, 2.75) is 95.6 Å². The lowest BCUT2D eigenvalue weighted by molar-refractivity contribution is -0.122. The molecule has 4 aliphatic rings. The summed E-state index contributed by atoms with van der Waals surface area (Å²) in [4.78, 5) is 27.0. The molecule has 0 aromatic rings. The lowest BCUT2D eigenvalue weighted by atomic mass is 9.70. The molecule has 0 aromatic carbocycles. The SMILES string of the molecule is O=C(CCNC(=O)N1CCCC2CCCCC21)NC1CC2CCCC(C2)C1. The Morgan fingerprint density at radius 1 is 0.852 bits per heavy atom. The number of hydrogen-bond acceptors (Lipinski definition) is 2. The highest BCUT2D eigenvalue weighted by atomic mass is 16.2. The largest absolute Gasteiger partial charge is 0.353 e. The summed E-state index contributed by atoms with van der Waals surface area (Å²) in [7, 11) is 0. The molecule has 0 aromatic heterocycles. The van der Waals surface area contributed by atoms with Crippen LogP contribution in [0.15, 0.2) is 0 Å². The third-order valence-corrected chi connectivity index (χ3v) is 7.62. The van der Waals surface area contributed by atoms with Gasteiger partial charge in [-0.1, -0.05) is 32.1 Å². The summed E-state index contributed by atoms with van der Waals surface area (Å²) < 4.78 is 0. The molecule has 152 valence electrons. The summed E-state index contributed by atoms with van der Waals surface area (Å²) in [6.45, 7) is 1.34. The van der Waals surface area contributed by atoms with Crippen LogP contribution >= 0.6 is 0 Å². The van der Waals surface area contributed by atoms with Gasteiger partial charge in [0.05, 0.1) is 0 Å². The van der Waals surface area contributed by atoms with Crippen LogP contribution in [0, 0.1) is 17.8 Å². The number of piperidine rings is 1. The van der Waals surface area contributed by atoms with Crippen molar-refractivity contribution in [3.05, 3.63) is 0 Å². The first kappa shape index (κ1) is 19.1. The molecule has 1 aliphatic heterocycles. The number of nitrogens with one attached hydrogen (secondary N) is 2. The van der Waals surface area contributed by atoms with Crippen molar-refractivity contribution in [3.8, 4) is 0 Å². The van der Waals surface area contributed by atoms with Gasteiger partial charge in [0, 0.05) is 31.6 Å². The number of hydrogen-bond donors (Lipinski definition) is 2. The molecule has 0 spiro atoms. The number of rotatable bonds is 4. The van der Waals surface area contributed by atoms with Crippen LogP contribution in [0.3, 0.4) is 0 Å². The van der Waals surface area contributed by atoms with Crippen LogP contribution in [0.25, 0.3) is 0 Å². The molecular weight excluding hydrogens is 338 g/mol. The number of amides is 3. The fourth-order valence-corrected chi connectivity index (χ4v) is 6.41. The van der Waals surface area contributed by atoms with Gasteiger partial charge < -0.3 is 15.5 Å². The topological polar surface area (TPSA) is 61.4 Å². The Balaban J connectivity index is 1.18. The Morgan fingerprint density at radius 3 is 2.41 bits per heavy atom. The van der Waals surface area contributed by atoms with E-state index in [0.29, 0.717) is 31.0 Å². The smallest absolute Gasteiger partial charge is 0.317 e. The summed E-state index contributed by atoms with van der Waals surface area (Å²) in [5.74, 6) is 2.46. The Bertz CT molecular complexity index is 524. The fraction of sp³-hybridized carbons (Fsp3) is 0.909. The highest BCUT2D eigenvalue weighted by Crippen LogP contribution is 2.39. The van der Waals surface area contributed by atoms with Crippen molar-refractivity contribution >= 4 is 11.9 Å². The van der Waals surface area contributed by atoms with Gasteiger partial charge in [0.1, 0.15) is 0 Å². The maximum atomic E-state index is 12.6. The lowest BCUT2D eigenvalue weighted by Gasteiger charge is -2.44. The summed E-state index contributed by atoms with van der Waals surface area (Å²) in [6.07, 6.45) is 15.6. The van der Waals surface area contributed by atoms with E-state index >= 15 is 0 Å². The zero-order valence-electron chi connectivity index (χ0n) is 16.8. The summed E-state index contributed by atoms with van der Waals surface area (Å²) in [5.41, 5.74) is 0. The van der Waals surface area contributed by atoms with E-state index in [1.807, 2.05) is 0 Å². The summed E-state index contributed by atoms with van der Waals surface area (Å²) in [5, 5.41) is 6.26. The monoisotopic (exact) mass is 375 g/mol. The fourth-order valence-electron chi connectivity index (χ4n) is 6.41. The lowest BCUT2D eigenvalue weighted by Crippen LogP contribution is -2.53. The minimum absolute atomic E-state index is 0.0478. The second-order valence-corrected chi connectivity index (χ2v) is 9.56. The van der Waals surface area contributed by atoms with Crippen molar-refractivity contribution in [1.82, 2.24) is 15.5 Å². The van der Waals surface area contributed by atoms with Gasteiger partial charge in [0.25, 0.3) is 0 Å². The van der Waals surface area contributed by atoms with E-state index in [2.05, 4.69) is 15.5 Å². The molecule has 27 heavy (non-hydrogen) atoms. The predicted molar refractivity (Wildman–Crippen MR) is 106 cm³/mol. The van der Waals surface area contributed by atoms with E-state index in [4.69, 9.17) is 0 Å². The third-order valence-electron chi connectivity index (χ3n) is 7.62. The van der Waals surface area contributed by atoms with E-state index in [1.54, 1.807) is 0 Å². The van der Waals surface area contributed by atoms with Crippen molar-refractivity contribution in [2.75, 3.05) is 13.1 Å². The maximum absolute atomic E-state index is 12.6. The van der Waals surface area contributed by atoms with Crippen LogP contribution in [0.2, 0.25) is 0 Å². The van der Waals surface area contributed by atoms with Crippen molar-refractivity contribution in [2.24, 2.45) is 17.8 Å². The second kappa shape index (κ2) is 8.83. The highest BCUT2D eigenvalue weighted by Gasteiger charge is 2.36. The van der Waals surface area contributed by atoms with E-state index in [1.165, 1.54) is 51.4 Å². The van der Waals surface area contributed by atoms with Gasteiger partial charge in [0.2, 0.25) is 5.91 Å². The molecule has 2 N–H and O–H groups in total. The molecule has 4 unspecified atom stereocenters. The first-order valence-corrected chi connectivity index (χ1v) is 11.5. The van der Waals surface area contributed by atoms with E-state index < -0.39 is 0 Å². The highest BCUT2D eigenvalue weighted by molar-refractivity contribution is 5.78. The number of nitrogens with zero attached hydrogens (tertiary/aromatic N) is 1. The molecule has 1 heterocycles. The molecule has 3 amide bonds. The summed E-state index contributed by atoms with van der Waals surface area (Å²) in [6, 6.07) is 0.844. The number of carbonyl (C=O) groups excluding carboxylic acids is 2. The molecule has 0 radical (unpaired) electrons. The maximum Gasteiger partial charge on any atom is 0.317 e. The van der Waals surface area contributed by atoms with E-state index in [0.717, 1.165) is 44.1 Å². The number of fused-ring (bicyclic) bond motifs is 3. The molecule has 4 atom stereocenters. The minimum Gasteiger partial charge on any atom is -0.353 e. The molecule has 4 rings (SSSR count). The first-order chi connectivity index (χ1) is 13.2. The molecule has 5 nitrogen and oxygen atoms in total. The number of carbonyl (C=O) groups is 2. The number of urea groups is 1. The standard InChI is InChI=1S/C22H37N3O2/c26-21(24-19-14-16-5-3-6-17(13-16)15-19)10-11-23-22(27)25-12-4-8-18-7-1-2-9-20(18)25/h16-20H,1-15H2,(H,23,27)(H,24,26). The quantitative estimate of drug-likeness (QED) is 0.784.